The van der Waals surface area contributed by atoms with Gasteiger partial charge in [0.15, 0.2) is 0 Å². The molecule has 66 valence electrons. The van der Waals surface area contributed by atoms with Crippen LogP contribution in [0.1, 0.15) is 0 Å². The number of hydrogen-bond acceptors (Lipinski definition) is 1. The summed E-state index contributed by atoms with van der Waals surface area (Å²) in [5.74, 6) is -5.40. The highest BCUT2D eigenvalue weighted by Gasteiger charge is 2.49. The lowest BCUT2D eigenvalue weighted by atomic mass is 11.6. The SMILES string of the molecule is O=P(O)(O)C(F)(F)F.[Cl-].[Cl-]. The summed E-state index contributed by atoms with van der Waals surface area (Å²) in [6.45, 7) is 0. The molecule has 0 bridgehead atoms. The summed E-state index contributed by atoms with van der Waals surface area (Å²) in [5.41, 5.74) is 0. The summed E-state index contributed by atoms with van der Waals surface area (Å²) in [6.07, 6.45) is 0. The van der Waals surface area contributed by atoms with Gasteiger partial charge in [0, 0.05) is 0 Å². The highest BCUT2D eigenvalue weighted by Crippen LogP contribution is 2.53. The lowest BCUT2D eigenvalue weighted by Crippen LogP contribution is -3.00. The summed E-state index contributed by atoms with van der Waals surface area (Å²) in [5, 5.41) is 0. The van der Waals surface area contributed by atoms with E-state index in [-0.39, 0.29) is 24.8 Å². The molecule has 3 nitrogen and oxygen atoms in total. The third-order valence-electron chi connectivity index (χ3n) is 0.330. The van der Waals surface area contributed by atoms with Gasteiger partial charge in [-0.15, -0.1) is 0 Å². The van der Waals surface area contributed by atoms with E-state index in [0.717, 1.165) is 0 Å². The largest absolute Gasteiger partial charge is 1.00 e. The van der Waals surface area contributed by atoms with E-state index in [1.54, 1.807) is 0 Å². The van der Waals surface area contributed by atoms with Crippen LogP contribution in [0.3, 0.4) is 0 Å². The Morgan fingerprint density at radius 2 is 1.20 bits per heavy atom. The van der Waals surface area contributed by atoms with Crippen LogP contribution in [0.15, 0.2) is 0 Å². The van der Waals surface area contributed by atoms with E-state index in [4.69, 9.17) is 9.79 Å². The molecule has 0 aromatic carbocycles. The Kier molecular flexibility index (Phi) is 7.43. The fourth-order valence-electron chi connectivity index (χ4n) is 0. The zero-order valence-electron chi connectivity index (χ0n) is 4.14. The van der Waals surface area contributed by atoms with Gasteiger partial charge in [-0.05, 0) is 0 Å². The summed E-state index contributed by atoms with van der Waals surface area (Å²) in [7, 11) is -5.85. The predicted molar refractivity (Wildman–Crippen MR) is 18.1 cm³/mol. The Labute approximate surface area is 66.6 Å². The van der Waals surface area contributed by atoms with Crippen LogP contribution < -0.4 is 24.8 Å². The van der Waals surface area contributed by atoms with Crippen LogP contribution >= 0.6 is 7.60 Å². The van der Waals surface area contributed by atoms with Gasteiger partial charge in [-0.2, -0.15) is 13.2 Å². The van der Waals surface area contributed by atoms with Gasteiger partial charge in [-0.25, -0.2) is 0 Å². The molecule has 0 aliphatic carbocycles. The molecule has 0 rings (SSSR count). The minimum Gasteiger partial charge on any atom is -1.00 e. The zero-order valence-corrected chi connectivity index (χ0v) is 6.55. The minimum atomic E-state index is -5.85. The molecule has 10 heavy (non-hydrogen) atoms. The van der Waals surface area contributed by atoms with Crippen molar-refractivity contribution in [3.63, 3.8) is 0 Å². The summed E-state index contributed by atoms with van der Waals surface area (Å²) in [6, 6.07) is 0. The van der Waals surface area contributed by atoms with E-state index in [0.29, 0.717) is 0 Å². The van der Waals surface area contributed by atoms with Crippen LogP contribution in [-0.2, 0) is 4.57 Å². The van der Waals surface area contributed by atoms with E-state index in [1.165, 1.54) is 0 Å². The maximum absolute atomic E-state index is 10.8. The van der Waals surface area contributed by atoms with Crippen molar-refractivity contribution in [2.75, 3.05) is 0 Å². The van der Waals surface area contributed by atoms with Gasteiger partial charge in [0.05, 0.1) is 0 Å². The van der Waals surface area contributed by atoms with E-state index in [2.05, 4.69) is 0 Å². The molecule has 0 saturated carbocycles. The van der Waals surface area contributed by atoms with Gasteiger partial charge in [0.2, 0.25) is 0 Å². The average Bonchev–Trinajstić information content (AvgIpc) is 1.25. The number of hydrogen-bond donors (Lipinski definition) is 2. The van der Waals surface area contributed by atoms with Crippen molar-refractivity contribution < 1.29 is 52.3 Å². The Balaban J connectivity index is -0.000000245. The quantitative estimate of drug-likeness (QED) is 0.401. The highest BCUT2D eigenvalue weighted by atomic mass is 35.5. The second-order valence-corrected chi connectivity index (χ2v) is 2.61. The first kappa shape index (κ1) is 16.9. The molecule has 0 aromatic rings. The summed E-state index contributed by atoms with van der Waals surface area (Å²) >= 11 is 0. The second kappa shape index (κ2) is 4.41. The maximum atomic E-state index is 10.8. The van der Waals surface area contributed by atoms with E-state index in [1.807, 2.05) is 0 Å². The Hall–Kier alpha value is 0.520. The topological polar surface area (TPSA) is 57.5 Å². The van der Waals surface area contributed by atoms with Crippen LogP contribution in [0.2, 0.25) is 0 Å². The number of halogens is 5. The van der Waals surface area contributed by atoms with E-state index < -0.39 is 13.5 Å². The fraction of sp³-hybridized carbons (Fsp3) is 1.00. The van der Waals surface area contributed by atoms with Crippen LogP contribution in [0, 0.1) is 0 Å². The molecule has 0 fully saturated rings. The minimum absolute atomic E-state index is 0. The Morgan fingerprint density at radius 1 is 1.10 bits per heavy atom. The van der Waals surface area contributed by atoms with Gasteiger partial charge >= 0.3 is 13.5 Å². The fourth-order valence-corrected chi connectivity index (χ4v) is 0. The molecule has 0 aliphatic rings. The molecular formula is CH2Cl2F3O3P-2. The predicted octanol–water partition coefficient (Wildman–Crippen LogP) is -5.31. The van der Waals surface area contributed by atoms with Crippen LogP contribution in [0.4, 0.5) is 13.2 Å². The molecule has 0 saturated heterocycles. The molecule has 0 aliphatic heterocycles. The third-order valence-corrected chi connectivity index (χ3v) is 0.991. The molecule has 0 spiro atoms. The zero-order chi connectivity index (χ0) is 7.00. The Morgan fingerprint density at radius 3 is 1.20 bits per heavy atom. The van der Waals surface area contributed by atoms with Gasteiger partial charge < -0.3 is 34.6 Å². The van der Waals surface area contributed by atoms with Gasteiger partial charge in [0.25, 0.3) is 0 Å². The summed E-state index contributed by atoms with van der Waals surface area (Å²) < 4.78 is 41.6. The van der Waals surface area contributed by atoms with Crippen molar-refractivity contribution in [1.82, 2.24) is 0 Å². The molecular weight excluding hydrogens is 219 g/mol. The lowest BCUT2D eigenvalue weighted by molar-refractivity contribution is -0.0661. The normalized spacial score (nSPS) is 11.3. The standard InChI is InChI=1S/CH2F3O3P.2ClH/c2-1(3,4)8(5,6)7;;/h(H2,5,6,7);2*1H/p-2. The number of alkyl halides is 3. The Bertz CT molecular complexity index is 128. The van der Waals surface area contributed by atoms with Crippen molar-refractivity contribution >= 4 is 7.60 Å². The number of rotatable bonds is 0. The molecule has 0 aromatic heterocycles. The summed E-state index contributed by atoms with van der Waals surface area (Å²) in [4.78, 5) is 14.7. The van der Waals surface area contributed by atoms with Crippen LogP contribution in [-0.4, -0.2) is 15.7 Å². The van der Waals surface area contributed by atoms with Crippen molar-refractivity contribution in [2.45, 2.75) is 5.92 Å². The molecule has 0 amide bonds. The molecule has 2 N–H and O–H groups in total. The van der Waals surface area contributed by atoms with Crippen molar-refractivity contribution in [3.05, 3.63) is 0 Å². The van der Waals surface area contributed by atoms with Crippen molar-refractivity contribution in [2.24, 2.45) is 0 Å². The first-order valence-electron chi connectivity index (χ1n) is 1.37. The van der Waals surface area contributed by atoms with E-state index in [9.17, 15) is 17.7 Å². The molecule has 0 atom stereocenters. The maximum Gasteiger partial charge on any atom is 0.493 e. The smallest absolute Gasteiger partial charge is 0.493 e. The van der Waals surface area contributed by atoms with Crippen LogP contribution in [0.5, 0.6) is 0 Å². The molecule has 9 heteroatoms. The van der Waals surface area contributed by atoms with Crippen molar-refractivity contribution in [3.8, 4) is 0 Å². The monoisotopic (exact) mass is 220 g/mol. The second-order valence-electron chi connectivity index (χ2n) is 1.01. The third kappa shape index (κ3) is 5.32. The lowest BCUT2D eigenvalue weighted by Gasteiger charge is -2.05. The highest BCUT2D eigenvalue weighted by molar-refractivity contribution is 7.52. The van der Waals surface area contributed by atoms with Gasteiger partial charge in [0.1, 0.15) is 0 Å². The van der Waals surface area contributed by atoms with Gasteiger partial charge in [-0.3, -0.25) is 4.57 Å². The molecule has 0 radical (unpaired) electrons. The molecule has 0 heterocycles. The first-order chi connectivity index (χ1) is 3.25. The van der Waals surface area contributed by atoms with Crippen molar-refractivity contribution in [1.29, 1.82) is 0 Å². The molecule has 0 unspecified atom stereocenters. The van der Waals surface area contributed by atoms with E-state index >= 15 is 0 Å². The van der Waals surface area contributed by atoms with Gasteiger partial charge in [-0.1, -0.05) is 0 Å². The first-order valence-corrected chi connectivity index (χ1v) is 2.99. The van der Waals surface area contributed by atoms with Crippen LogP contribution in [0.25, 0.3) is 0 Å². The average molecular weight is 221 g/mol.